The minimum atomic E-state index is -0.461. The topological polar surface area (TPSA) is 54.1 Å². The molecular formula is C17H22N2O2. The zero-order valence-electron chi connectivity index (χ0n) is 12.8. The van der Waals surface area contributed by atoms with Gasteiger partial charge >= 0.3 is 6.09 Å². The molecule has 2 aromatic rings. The first kappa shape index (κ1) is 15.2. The Morgan fingerprint density at radius 2 is 1.90 bits per heavy atom. The number of hydrogen-bond donors (Lipinski definition) is 2. The molecule has 1 aromatic carbocycles. The van der Waals surface area contributed by atoms with Crippen LogP contribution in [0.4, 0.5) is 4.79 Å². The van der Waals surface area contributed by atoms with Crippen molar-refractivity contribution in [2.45, 2.75) is 32.8 Å². The van der Waals surface area contributed by atoms with Crippen molar-refractivity contribution in [3.05, 3.63) is 48.3 Å². The molecule has 0 aliphatic heterocycles. The van der Waals surface area contributed by atoms with Crippen LogP contribution in [0.3, 0.4) is 0 Å². The molecule has 1 amide bonds. The number of aromatic amines is 1. The van der Waals surface area contributed by atoms with Gasteiger partial charge in [0.05, 0.1) is 0 Å². The lowest BCUT2D eigenvalue weighted by Gasteiger charge is -2.19. The number of alkyl carbamates (subject to hydrolysis) is 1. The van der Waals surface area contributed by atoms with E-state index < -0.39 is 5.60 Å². The standard InChI is InChI=1S/C17H22N2O2/c1-17(2,3)21-16(20)18-10-9-15-11-14(12-19-15)13-7-5-4-6-8-13/h4-8,11-12,19H,9-10H2,1-3H3,(H,18,20). The zero-order valence-corrected chi connectivity index (χ0v) is 12.8. The second kappa shape index (κ2) is 6.48. The van der Waals surface area contributed by atoms with E-state index in [1.54, 1.807) is 0 Å². The Bertz CT molecular complexity index is 582. The molecule has 0 aliphatic rings. The summed E-state index contributed by atoms with van der Waals surface area (Å²) >= 11 is 0. The third kappa shape index (κ3) is 4.99. The fourth-order valence-electron chi connectivity index (χ4n) is 2.00. The molecule has 0 aliphatic carbocycles. The van der Waals surface area contributed by atoms with E-state index >= 15 is 0 Å². The summed E-state index contributed by atoms with van der Waals surface area (Å²) in [6, 6.07) is 12.3. The van der Waals surface area contributed by atoms with Crippen LogP contribution in [0.5, 0.6) is 0 Å². The van der Waals surface area contributed by atoms with Crippen molar-refractivity contribution in [3.63, 3.8) is 0 Å². The van der Waals surface area contributed by atoms with E-state index in [-0.39, 0.29) is 6.09 Å². The van der Waals surface area contributed by atoms with Crippen LogP contribution in [0.1, 0.15) is 26.5 Å². The first-order chi connectivity index (χ1) is 9.94. The number of ether oxygens (including phenoxy) is 1. The summed E-state index contributed by atoms with van der Waals surface area (Å²) in [5.41, 5.74) is 2.96. The first-order valence-corrected chi connectivity index (χ1v) is 7.13. The average molecular weight is 286 g/mol. The Balaban J connectivity index is 1.83. The molecule has 0 saturated carbocycles. The Labute approximate surface area is 125 Å². The molecule has 0 atom stereocenters. The second-order valence-electron chi connectivity index (χ2n) is 5.96. The van der Waals surface area contributed by atoms with Gasteiger partial charge < -0.3 is 15.0 Å². The van der Waals surface area contributed by atoms with Crippen LogP contribution in [0.15, 0.2) is 42.6 Å². The van der Waals surface area contributed by atoms with Crippen molar-refractivity contribution in [1.29, 1.82) is 0 Å². The minimum absolute atomic E-state index is 0.377. The van der Waals surface area contributed by atoms with Gasteiger partial charge in [-0.3, -0.25) is 0 Å². The first-order valence-electron chi connectivity index (χ1n) is 7.13. The van der Waals surface area contributed by atoms with Gasteiger partial charge in [0, 0.05) is 24.9 Å². The van der Waals surface area contributed by atoms with Crippen LogP contribution in [-0.2, 0) is 11.2 Å². The Kier molecular flexibility index (Phi) is 4.68. The van der Waals surface area contributed by atoms with Crippen LogP contribution >= 0.6 is 0 Å². The van der Waals surface area contributed by atoms with Crippen LogP contribution < -0.4 is 5.32 Å². The molecule has 0 unspecified atom stereocenters. The highest BCUT2D eigenvalue weighted by atomic mass is 16.6. The van der Waals surface area contributed by atoms with Gasteiger partial charge in [-0.2, -0.15) is 0 Å². The highest BCUT2D eigenvalue weighted by Crippen LogP contribution is 2.19. The predicted octanol–water partition coefficient (Wildman–Crippen LogP) is 3.75. The van der Waals surface area contributed by atoms with Gasteiger partial charge in [-0.1, -0.05) is 30.3 Å². The lowest BCUT2D eigenvalue weighted by molar-refractivity contribution is 0.0528. The van der Waals surface area contributed by atoms with Crippen molar-refractivity contribution in [3.8, 4) is 11.1 Å². The van der Waals surface area contributed by atoms with E-state index in [1.165, 1.54) is 5.56 Å². The van der Waals surface area contributed by atoms with Crippen molar-refractivity contribution < 1.29 is 9.53 Å². The fraction of sp³-hybridized carbons (Fsp3) is 0.353. The van der Waals surface area contributed by atoms with Gasteiger partial charge in [-0.25, -0.2) is 4.79 Å². The zero-order chi connectivity index (χ0) is 15.3. The van der Waals surface area contributed by atoms with E-state index in [9.17, 15) is 4.79 Å². The summed E-state index contributed by atoms with van der Waals surface area (Å²) in [5, 5.41) is 2.76. The van der Waals surface area contributed by atoms with Crippen molar-refractivity contribution in [2.24, 2.45) is 0 Å². The van der Waals surface area contributed by atoms with Crippen LogP contribution in [0.25, 0.3) is 11.1 Å². The summed E-state index contributed by atoms with van der Waals surface area (Å²) in [7, 11) is 0. The van der Waals surface area contributed by atoms with Crippen LogP contribution in [-0.4, -0.2) is 23.2 Å². The van der Waals surface area contributed by atoms with Crippen molar-refractivity contribution >= 4 is 6.09 Å². The SMILES string of the molecule is CC(C)(C)OC(=O)NCCc1cc(-c2ccccc2)c[nH]1. The highest BCUT2D eigenvalue weighted by Gasteiger charge is 2.15. The molecule has 0 radical (unpaired) electrons. The Morgan fingerprint density at radius 1 is 1.19 bits per heavy atom. The van der Waals surface area contributed by atoms with Crippen molar-refractivity contribution in [2.75, 3.05) is 6.54 Å². The van der Waals surface area contributed by atoms with Crippen molar-refractivity contribution in [1.82, 2.24) is 10.3 Å². The fourth-order valence-corrected chi connectivity index (χ4v) is 2.00. The lowest BCUT2D eigenvalue weighted by atomic mass is 10.1. The van der Waals surface area contributed by atoms with Gasteiger partial charge in [0.25, 0.3) is 0 Å². The molecule has 4 nitrogen and oxygen atoms in total. The molecule has 0 spiro atoms. The van der Waals surface area contributed by atoms with E-state index in [0.717, 1.165) is 17.7 Å². The number of amides is 1. The third-order valence-electron chi connectivity index (χ3n) is 2.91. The number of H-pyrrole nitrogens is 1. The largest absolute Gasteiger partial charge is 0.444 e. The summed E-state index contributed by atoms with van der Waals surface area (Å²) in [6.45, 7) is 6.10. The van der Waals surface area contributed by atoms with E-state index in [4.69, 9.17) is 4.74 Å². The molecule has 2 rings (SSSR count). The molecular weight excluding hydrogens is 264 g/mol. The number of benzene rings is 1. The number of carbonyl (C=O) groups excluding carboxylic acids is 1. The third-order valence-corrected chi connectivity index (χ3v) is 2.91. The van der Waals surface area contributed by atoms with Gasteiger partial charge in [0.1, 0.15) is 5.60 Å². The number of hydrogen-bond acceptors (Lipinski definition) is 2. The summed E-state index contributed by atoms with van der Waals surface area (Å²) < 4.78 is 5.19. The Morgan fingerprint density at radius 3 is 2.57 bits per heavy atom. The molecule has 1 heterocycles. The number of carbonyl (C=O) groups is 1. The maximum Gasteiger partial charge on any atom is 0.407 e. The number of rotatable bonds is 4. The quantitative estimate of drug-likeness (QED) is 0.899. The second-order valence-corrected chi connectivity index (χ2v) is 5.96. The normalized spacial score (nSPS) is 11.2. The molecule has 112 valence electrons. The molecule has 0 fully saturated rings. The molecule has 2 N–H and O–H groups in total. The maximum atomic E-state index is 11.5. The lowest BCUT2D eigenvalue weighted by Crippen LogP contribution is -2.33. The molecule has 21 heavy (non-hydrogen) atoms. The number of aromatic nitrogens is 1. The van der Waals surface area contributed by atoms with E-state index in [2.05, 4.69) is 28.5 Å². The number of nitrogens with one attached hydrogen (secondary N) is 2. The van der Waals surface area contributed by atoms with E-state index in [0.29, 0.717) is 6.54 Å². The molecule has 0 saturated heterocycles. The van der Waals surface area contributed by atoms with Gasteiger partial charge in [0.15, 0.2) is 0 Å². The molecule has 1 aromatic heterocycles. The highest BCUT2D eigenvalue weighted by molar-refractivity contribution is 5.67. The summed E-state index contributed by atoms with van der Waals surface area (Å²) in [5.74, 6) is 0. The van der Waals surface area contributed by atoms with Gasteiger partial charge in [-0.15, -0.1) is 0 Å². The summed E-state index contributed by atoms with van der Waals surface area (Å²) in [6.07, 6.45) is 2.35. The van der Waals surface area contributed by atoms with Gasteiger partial charge in [-0.05, 0) is 38.0 Å². The molecule has 4 heteroatoms. The summed E-state index contributed by atoms with van der Waals surface area (Å²) in [4.78, 5) is 14.8. The van der Waals surface area contributed by atoms with Gasteiger partial charge in [0.2, 0.25) is 0 Å². The van der Waals surface area contributed by atoms with E-state index in [1.807, 2.05) is 45.2 Å². The van der Waals surface area contributed by atoms with Crippen LogP contribution in [0, 0.1) is 0 Å². The van der Waals surface area contributed by atoms with Crippen LogP contribution in [0.2, 0.25) is 0 Å². The smallest absolute Gasteiger partial charge is 0.407 e. The Hall–Kier alpha value is -2.23. The molecule has 0 bridgehead atoms. The average Bonchev–Trinajstić information content (AvgIpc) is 2.86. The minimum Gasteiger partial charge on any atom is -0.444 e. The predicted molar refractivity (Wildman–Crippen MR) is 84.2 cm³/mol. The monoisotopic (exact) mass is 286 g/mol. The maximum absolute atomic E-state index is 11.5.